The molecule has 23 heavy (non-hydrogen) atoms. The first-order valence-corrected chi connectivity index (χ1v) is 6.29. The second-order valence-corrected chi connectivity index (χ2v) is 4.55. The van der Waals surface area contributed by atoms with Crippen LogP contribution >= 0.6 is 0 Å². The summed E-state index contributed by atoms with van der Waals surface area (Å²) in [5, 5.41) is 4.43. The van der Waals surface area contributed by atoms with Crippen molar-refractivity contribution < 1.29 is 27.2 Å². The standard InChI is InChI=1S/C15H10F4N2O2/c16-11-5-10(15(17,18)19)6-13(7-11)21-14(23)20-12-3-1-2-9(4-12)8-22/h1-8H,(H2,20,21,23). The molecule has 2 N–H and O–H groups in total. The number of rotatable bonds is 3. The number of aldehydes is 1. The Morgan fingerprint density at radius 1 is 1.00 bits per heavy atom. The minimum absolute atomic E-state index is 0.263. The van der Waals surface area contributed by atoms with E-state index in [1.54, 1.807) is 0 Å². The zero-order chi connectivity index (χ0) is 17.0. The van der Waals surface area contributed by atoms with E-state index in [0.29, 0.717) is 24.0 Å². The molecule has 120 valence electrons. The van der Waals surface area contributed by atoms with Crippen molar-refractivity contribution in [3.8, 4) is 0 Å². The van der Waals surface area contributed by atoms with Gasteiger partial charge in [-0.1, -0.05) is 12.1 Å². The number of carbonyl (C=O) groups excluding carboxylic acids is 2. The van der Waals surface area contributed by atoms with E-state index >= 15 is 0 Å². The second-order valence-electron chi connectivity index (χ2n) is 4.55. The summed E-state index contributed by atoms with van der Waals surface area (Å²) >= 11 is 0. The van der Waals surface area contributed by atoms with E-state index in [1.165, 1.54) is 24.3 Å². The SMILES string of the molecule is O=Cc1cccc(NC(=O)Nc2cc(F)cc(C(F)(F)F)c2)c1. The molecule has 0 heterocycles. The molecule has 0 radical (unpaired) electrons. The van der Waals surface area contributed by atoms with Gasteiger partial charge in [-0.3, -0.25) is 4.79 Å². The minimum Gasteiger partial charge on any atom is -0.308 e. The van der Waals surface area contributed by atoms with Gasteiger partial charge in [0.1, 0.15) is 12.1 Å². The van der Waals surface area contributed by atoms with Gasteiger partial charge >= 0.3 is 12.2 Å². The quantitative estimate of drug-likeness (QED) is 0.652. The molecule has 8 heteroatoms. The van der Waals surface area contributed by atoms with E-state index in [1.807, 2.05) is 0 Å². The highest BCUT2D eigenvalue weighted by molar-refractivity contribution is 6.00. The fourth-order valence-corrected chi connectivity index (χ4v) is 1.81. The molecular formula is C15H10F4N2O2. The van der Waals surface area contributed by atoms with Crippen LogP contribution in [0.5, 0.6) is 0 Å². The Morgan fingerprint density at radius 2 is 1.70 bits per heavy atom. The number of benzene rings is 2. The highest BCUT2D eigenvalue weighted by Gasteiger charge is 2.31. The number of amides is 2. The lowest BCUT2D eigenvalue weighted by Crippen LogP contribution is -2.20. The Kier molecular flexibility index (Phi) is 4.63. The number of carbonyl (C=O) groups is 2. The van der Waals surface area contributed by atoms with E-state index in [0.717, 1.165) is 6.07 Å². The molecule has 0 fully saturated rings. The van der Waals surface area contributed by atoms with Crippen LogP contribution in [0.3, 0.4) is 0 Å². The van der Waals surface area contributed by atoms with Crippen LogP contribution in [-0.2, 0) is 6.18 Å². The van der Waals surface area contributed by atoms with Crippen molar-refractivity contribution in [2.24, 2.45) is 0 Å². The molecule has 4 nitrogen and oxygen atoms in total. The zero-order valence-electron chi connectivity index (χ0n) is 11.4. The van der Waals surface area contributed by atoms with Crippen molar-refractivity contribution in [1.82, 2.24) is 0 Å². The normalized spacial score (nSPS) is 11.0. The number of nitrogens with one attached hydrogen (secondary N) is 2. The molecule has 0 aliphatic rings. The Morgan fingerprint density at radius 3 is 2.35 bits per heavy atom. The van der Waals surface area contributed by atoms with E-state index < -0.39 is 23.6 Å². The smallest absolute Gasteiger partial charge is 0.308 e. The Bertz CT molecular complexity index is 744. The van der Waals surface area contributed by atoms with Gasteiger partial charge in [-0.05, 0) is 30.3 Å². The Hall–Kier alpha value is -2.90. The molecule has 0 bridgehead atoms. The predicted octanol–water partition coefficient (Wildman–Crippen LogP) is 4.30. The van der Waals surface area contributed by atoms with Gasteiger partial charge < -0.3 is 10.6 Å². The number of hydrogen-bond donors (Lipinski definition) is 2. The summed E-state index contributed by atoms with van der Waals surface area (Å²) in [6.45, 7) is 0. The Balaban J connectivity index is 2.14. The van der Waals surface area contributed by atoms with Crippen molar-refractivity contribution in [2.45, 2.75) is 6.18 Å². The van der Waals surface area contributed by atoms with Crippen molar-refractivity contribution in [3.63, 3.8) is 0 Å². The maximum atomic E-state index is 13.2. The van der Waals surface area contributed by atoms with Gasteiger partial charge in [-0.2, -0.15) is 13.2 Å². The maximum absolute atomic E-state index is 13.2. The van der Waals surface area contributed by atoms with Gasteiger partial charge in [-0.25, -0.2) is 9.18 Å². The summed E-state index contributed by atoms with van der Waals surface area (Å²) in [6.07, 6.45) is -4.15. The van der Waals surface area contributed by atoms with Crippen LogP contribution in [0, 0.1) is 5.82 Å². The van der Waals surface area contributed by atoms with Crippen molar-refractivity contribution in [2.75, 3.05) is 10.6 Å². The van der Waals surface area contributed by atoms with Gasteiger partial charge in [0.25, 0.3) is 0 Å². The summed E-state index contributed by atoms with van der Waals surface area (Å²) in [7, 11) is 0. The second kappa shape index (κ2) is 6.47. The highest BCUT2D eigenvalue weighted by atomic mass is 19.4. The van der Waals surface area contributed by atoms with Gasteiger partial charge in [-0.15, -0.1) is 0 Å². The maximum Gasteiger partial charge on any atom is 0.416 e. The number of anilines is 2. The van der Waals surface area contributed by atoms with Gasteiger partial charge in [0.2, 0.25) is 0 Å². The lowest BCUT2D eigenvalue weighted by atomic mass is 10.2. The third-order valence-electron chi connectivity index (χ3n) is 2.76. The van der Waals surface area contributed by atoms with Crippen molar-refractivity contribution in [3.05, 3.63) is 59.4 Å². The molecule has 2 aromatic carbocycles. The van der Waals surface area contributed by atoms with E-state index in [2.05, 4.69) is 10.6 Å². The lowest BCUT2D eigenvalue weighted by molar-refractivity contribution is -0.137. The molecule has 2 aromatic rings. The van der Waals surface area contributed by atoms with Crippen LogP contribution in [-0.4, -0.2) is 12.3 Å². The summed E-state index contributed by atoms with van der Waals surface area (Å²) < 4.78 is 51.0. The fraction of sp³-hybridized carbons (Fsp3) is 0.0667. The van der Waals surface area contributed by atoms with E-state index in [4.69, 9.17) is 0 Å². The van der Waals surface area contributed by atoms with E-state index in [-0.39, 0.29) is 11.4 Å². The van der Waals surface area contributed by atoms with E-state index in [9.17, 15) is 27.2 Å². The number of halogens is 4. The number of alkyl halides is 3. The molecule has 0 saturated heterocycles. The summed E-state index contributed by atoms with van der Waals surface area (Å²) in [4.78, 5) is 22.4. The molecule has 0 aliphatic carbocycles. The molecule has 2 rings (SSSR count). The van der Waals surface area contributed by atoms with Gasteiger partial charge in [0.15, 0.2) is 0 Å². The molecule has 0 atom stereocenters. The molecule has 0 aromatic heterocycles. The molecule has 0 unspecified atom stereocenters. The van der Waals surface area contributed by atoms with Crippen molar-refractivity contribution in [1.29, 1.82) is 0 Å². The first-order valence-electron chi connectivity index (χ1n) is 6.29. The van der Waals surface area contributed by atoms with Crippen LogP contribution in [0.15, 0.2) is 42.5 Å². The molecular weight excluding hydrogens is 316 g/mol. The molecule has 2 amide bonds. The fourth-order valence-electron chi connectivity index (χ4n) is 1.81. The van der Waals surface area contributed by atoms with Crippen molar-refractivity contribution >= 4 is 23.7 Å². The first kappa shape index (κ1) is 16.5. The summed E-state index contributed by atoms with van der Waals surface area (Å²) in [5.41, 5.74) is -0.982. The highest BCUT2D eigenvalue weighted by Crippen LogP contribution is 2.31. The number of urea groups is 1. The predicted molar refractivity (Wildman–Crippen MR) is 75.9 cm³/mol. The molecule has 0 aliphatic heterocycles. The average molecular weight is 326 g/mol. The van der Waals surface area contributed by atoms with Crippen LogP contribution < -0.4 is 10.6 Å². The summed E-state index contributed by atoms with van der Waals surface area (Å²) in [6, 6.07) is 6.73. The van der Waals surface area contributed by atoms with Gasteiger partial charge in [0.05, 0.1) is 5.56 Å². The monoisotopic (exact) mass is 326 g/mol. The first-order chi connectivity index (χ1) is 10.8. The third kappa shape index (κ3) is 4.53. The van der Waals surface area contributed by atoms with Crippen LogP contribution in [0.1, 0.15) is 15.9 Å². The minimum atomic E-state index is -4.73. The largest absolute Gasteiger partial charge is 0.416 e. The lowest BCUT2D eigenvalue weighted by Gasteiger charge is -2.11. The van der Waals surface area contributed by atoms with Gasteiger partial charge in [0, 0.05) is 16.9 Å². The number of hydrogen-bond acceptors (Lipinski definition) is 2. The topological polar surface area (TPSA) is 58.2 Å². The zero-order valence-corrected chi connectivity index (χ0v) is 11.4. The Labute approximate surface area is 128 Å². The molecule has 0 spiro atoms. The average Bonchev–Trinajstić information content (AvgIpc) is 2.45. The van der Waals surface area contributed by atoms with Crippen LogP contribution in [0.4, 0.5) is 33.7 Å². The van der Waals surface area contributed by atoms with Crippen LogP contribution in [0.25, 0.3) is 0 Å². The molecule has 0 saturated carbocycles. The van der Waals surface area contributed by atoms with Crippen LogP contribution in [0.2, 0.25) is 0 Å². The summed E-state index contributed by atoms with van der Waals surface area (Å²) in [5.74, 6) is -1.13. The third-order valence-corrected chi connectivity index (χ3v) is 2.76.